The summed E-state index contributed by atoms with van der Waals surface area (Å²) < 4.78 is 5.42. The zero-order valence-electron chi connectivity index (χ0n) is 12.4. The van der Waals surface area contributed by atoms with Crippen molar-refractivity contribution in [1.29, 1.82) is 0 Å². The molecule has 1 unspecified atom stereocenters. The van der Waals surface area contributed by atoms with Crippen LogP contribution in [0.15, 0.2) is 24.3 Å². The summed E-state index contributed by atoms with van der Waals surface area (Å²) in [7, 11) is 3.80. The lowest BCUT2D eigenvalue weighted by atomic mass is 10.1. The van der Waals surface area contributed by atoms with Gasteiger partial charge in [0.05, 0.1) is 7.11 Å². The number of nitrogens with zero attached hydrogens (tertiary/aromatic N) is 1. The van der Waals surface area contributed by atoms with Gasteiger partial charge in [-0.05, 0) is 43.0 Å². The Morgan fingerprint density at radius 2 is 2.38 bits per heavy atom. The van der Waals surface area contributed by atoms with Gasteiger partial charge >= 0.3 is 5.97 Å². The zero-order chi connectivity index (χ0) is 15.2. The molecule has 5 heteroatoms. The predicted molar refractivity (Wildman–Crippen MR) is 86.9 cm³/mol. The van der Waals surface area contributed by atoms with Crippen molar-refractivity contribution in [2.75, 3.05) is 25.7 Å². The lowest BCUT2D eigenvalue weighted by Crippen LogP contribution is -2.31. The first-order chi connectivity index (χ1) is 10.1. The van der Waals surface area contributed by atoms with Crippen LogP contribution in [0.4, 0.5) is 0 Å². The molecule has 0 amide bonds. The first-order valence-corrected chi connectivity index (χ1v) is 8.11. The molecule has 2 rings (SSSR count). The monoisotopic (exact) mass is 307 g/mol. The van der Waals surface area contributed by atoms with Crippen LogP contribution >= 0.6 is 11.8 Å². The number of carboxylic acid groups (broad SMARTS) is 1. The fraction of sp³-hybridized carbons (Fsp3) is 0.438. The van der Waals surface area contributed by atoms with Crippen molar-refractivity contribution in [3.8, 4) is 5.75 Å². The summed E-state index contributed by atoms with van der Waals surface area (Å²) in [5.41, 5.74) is 1.96. The predicted octanol–water partition coefficient (Wildman–Crippen LogP) is 2.73. The number of rotatable bonds is 6. The van der Waals surface area contributed by atoms with Crippen LogP contribution in [-0.2, 0) is 11.3 Å². The lowest BCUT2D eigenvalue weighted by molar-refractivity contribution is -0.131. The Morgan fingerprint density at radius 1 is 1.57 bits per heavy atom. The molecule has 1 saturated heterocycles. The minimum atomic E-state index is -0.938. The van der Waals surface area contributed by atoms with Crippen molar-refractivity contribution in [3.63, 3.8) is 0 Å². The highest BCUT2D eigenvalue weighted by Gasteiger charge is 2.20. The van der Waals surface area contributed by atoms with Gasteiger partial charge in [-0.1, -0.05) is 6.07 Å². The van der Waals surface area contributed by atoms with Gasteiger partial charge in [0.1, 0.15) is 5.75 Å². The maximum Gasteiger partial charge on any atom is 0.328 e. The Hall–Kier alpha value is -1.46. The summed E-state index contributed by atoms with van der Waals surface area (Å²) in [5, 5.41) is 8.71. The van der Waals surface area contributed by atoms with Crippen LogP contribution in [0.25, 0.3) is 6.08 Å². The molecule has 0 aliphatic carbocycles. The molecule has 1 aromatic carbocycles. The molecule has 1 atom stereocenters. The van der Waals surface area contributed by atoms with Gasteiger partial charge in [-0.3, -0.25) is 4.90 Å². The average molecular weight is 307 g/mol. The van der Waals surface area contributed by atoms with Gasteiger partial charge in [-0.15, -0.1) is 0 Å². The molecule has 0 spiro atoms. The van der Waals surface area contributed by atoms with Gasteiger partial charge in [0.15, 0.2) is 0 Å². The van der Waals surface area contributed by atoms with Crippen molar-refractivity contribution < 1.29 is 14.6 Å². The number of carboxylic acids is 1. The van der Waals surface area contributed by atoms with E-state index in [9.17, 15) is 4.79 Å². The van der Waals surface area contributed by atoms with E-state index in [1.54, 1.807) is 13.2 Å². The van der Waals surface area contributed by atoms with E-state index >= 15 is 0 Å². The number of carbonyl (C=O) groups is 1. The maximum absolute atomic E-state index is 10.6. The second kappa shape index (κ2) is 7.52. The van der Waals surface area contributed by atoms with Crippen LogP contribution in [0.1, 0.15) is 17.5 Å². The van der Waals surface area contributed by atoms with Gasteiger partial charge in [-0.25, -0.2) is 4.79 Å². The van der Waals surface area contributed by atoms with Crippen LogP contribution in [0.3, 0.4) is 0 Å². The number of methoxy groups -OCH3 is 1. The van der Waals surface area contributed by atoms with E-state index in [1.165, 1.54) is 17.9 Å². The topological polar surface area (TPSA) is 49.8 Å². The molecule has 1 heterocycles. The molecule has 4 nitrogen and oxygen atoms in total. The first-order valence-electron chi connectivity index (χ1n) is 6.96. The average Bonchev–Trinajstić information content (AvgIpc) is 2.99. The van der Waals surface area contributed by atoms with Crippen LogP contribution < -0.4 is 4.74 Å². The number of hydrogen-bond donors (Lipinski definition) is 1. The molecule has 21 heavy (non-hydrogen) atoms. The van der Waals surface area contributed by atoms with Crippen LogP contribution in [0.2, 0.25) is 0 Å². The number of hydrogen-bond acceptors (Lipinski definition) is 4. The third-order valence-corrected chi connectivity index (χ3v) is 4.82. The Balaban J connectivity index is 2.15. The second-order valence-corrected chi connectivity index (χ2v) is 6.33. The van der Waals surface area contributed by atoms with E-state index in [4.69, 9.17) is 9.84 Å². The summed E-state index contributed by atoms with van der Waals surface area (Å²) in [6, 6.07) is 6.37. The first kappa shape index (κ1) is 15.9. The molecular weight excluding hydrogens is 286 g/mol. The normalized spacial score (nSPS) is 18.5. The Labute approximate surface area is 129 Å². The van der Waals surface area contributed by atoms with E-state index in [2.05, 4.69) is 11.9 Å². The highest BCUT2D eigenvalue weighted by Crippen LogP contribution is 2.26. The Bertz CT molecular complexity index is 524. The van der Waals surface area contributed by atoms with Crippen molar-refractivity contribution >= 4 is 23.8 Å². The molecule has 0 saturated carbocycles. The quantitative estimate of drug-likeness (QED) is 0.819. The maximum atomic E-state index is 10.6. The summed E-state index contributed by atoms with van der Waals surface area (Å²) in [6.07, 6.45) is 3.99. The van der Waals surface area contributed by atoms with Crippen LogP contribution in [-0.4, -0.2) is 47.7 Å². The number of benzene rings is 1. The SMILES string of the molecule is COc1ccc(C=CC(=O)O)cc1CN(C)C1CCSC1. The molecule has 1 aliphatic rings. The molecule has 1 N–H and O–H groups in total. The number of ether oxygens (including phenoxy) is 1. The summed E-state index contributed by atoms with van der Waals surface area (Å²) >= 11 is 2.00. The van der Waals surface area contributed by atoms with Gasteiger partial charge < -0.3 is 9.84 Å². The van der Waals surface area contributed by atoms with Crippen molar-refractivity contribution in [2.45, 2.75) is 19.0 Å². The lowest BCUT2D eigenvalue weighted by Gasteiger charge is -2.24. The largest absolute Gasteiger partial charge is 0.496 e. The van der Waals surface area contributed by atoms with Gasteiger partial charge in [0.25, 0.3) is 0 Å². The third-order valence-electron chi connectivity index (χ3n) is 3.67. The fourth-order valence-corrected chi connectivity index (χ4v) is 3.76. The smallest absolute Gasteiger partial charge is 0.328 e. The van der Waals surface area contributed by atoms with Crippen molar-refractivity contribution in [2.24, 2.45) is 0 Å². The molecule has 1 fully saturated rings. The van der Waals surface area contributed by atoms with E-state index in [1.807, 2.05) is 30.0 Å². The Morgan fingerprint density at radius 3 is 3.00 bits per heavy atom. The minimum Gasteiger partial charge on any atom is -0.496 e. The number of aliphatic carboxylic acids is 1. The molecule has 1 aliphatic heterocycles. The van der Waals surface area contributed by atoms with Gasteiger partial charge in [-0.2, -0.15) is 11.8 Å². The van der Waals surface area contributed by atoms with Crippen molar-refractivity contribution in [3.05, 3.63) is 35.4 Å². The summed E-state index contributed by atoms with van der Waals surface area (Å²) in [6.45, 7) is 0.809. The van der Waals surface area contributed by atoms with Crippen molar-refractivity contribution in [1.82, 2.24) is 4.90 Å². The van der Waals surface area contributed by atoms with Gasteiger partial charge in [0, 0.05) is 30.0 Å². The highest BCUT2D eigenvalue weighted by atomic mass is 32.2. The van der Waals surface area contributed by atoms with E-state index < -0.39 is 5.97 Å². The summed E-state index contributed by atoms with van der Waals surface area (Å²) in [5.74, 6) is 2.32. The van der Waals surface area contributed by atoms with E-state index in [0.29, 0.717) is 6.04 Å². The molecular formula is C16H21NO3S. The summed E-state index contributed by atoms with van der Waals surface area (Å²) in [4.78, 5) is 13.0. The standard InChI is InChI=1S/C16H21NO3S/c1-17(14-7-8-21-11-14)10-13-9-12(4-6-16(18)19)3-5-15(13)20-2/h3-6,9,14H,7-8,10-11H2,1-2H3,(H,18,19). The second-order valence-electron chi connectivity index (χ2n) is 5.18. The Kier molecular flexibility index (Phi) is 5.70. The molecule has 0 radical (unpaired) electrons. The highest BCUT2D eigenvalue weighted by molar-refractivity contribution is 7.99. The van der Waals surface area contributed by atoms with Gasteiger partial charge in [0.2, 0.25) is 0 Å². The molecule has 0 aromatic heterocycles. The molecule has 114 valence electrons. The minimum absolute atomic E-state index is 0.609. The third kappa shape index (κ3) is 4.51. The van der Waals surface area contributed by atoms with E-state index in [-0.39, 0.29) is 0 Å². The number of thioether (sulfide) groups is 1. The van der Waals surface area contributed by atoms with E-state index in [0.717, 1.165) is 29.5 Å². The zero-order valence-corrected chi connectivity index (χ0v) is 13.2. The van der Waals surface area contributed by atoms with Crippen LogP contribution in [0.5, 0.6) is 5.75 Å². The van der Waals surface area contributed by atoms with Crippen LogP contribution in [0, 0.1) is 0 Å². The molecule has 1 aromatic rings. The fourth-order valence-electron chi connectivity index (χ4n) is 2.46. The molecule has 0 bridgehead atoms.